The van der Waals surface area contributed by atoms with Crippen LogP contribution < -0.4 is 10.1 Å². The van der Waals surface area contributed by atoms with Gasteiger partial charge in [0, 0.05) is 25.6 Å². The van der Waals surface area contributed by atoms with Gasteiger partial charge in [-0.3, -0.25) is 9.59 Å². The molecule has 0 saturated carbocycles. The lowest BCUT2D eigenvalue weighted by Gasteiger charge is -2.34. The molecular weight excluding hydrogens is 477 g/mol. The summed E-state index contributed by atoms with van der Waals surface area (Å²) >= 11 is 0. The molecule has 2 amide bonds. The van der Waals surface area contributed by atoms with Crippen LogP contribution in [-0.2, 0) is 24.3 Å². The number of rotatable bonds is 9. The molecule has 9 nitrogen and oxygen atoms in total. The second-order valence-electron chi connectivity index (χ2n) is 9.51. The Balaban J connectivity index is 1.91. The number of likely N-dealkylation sites (tertiary alicyclic amines) is 1. The fourth-order valence-electron chi connectivity index (χ4n) is 4.73. The van der Waals surface area contributed by atoms with E-state index >= 15 is 0 Å². The van der Waals surface area contributed by atoms with Gasteiger partial charge in [0.1, 0.15) is 23.7 Å². The lowest BCUT2D eigenvalue weighted by atomic mass is 10.0. The molecule has 2 heterocycles. The summed E-state index contributed by atoms with van der Waals surface area (Å²) in [4.78, 5) is 27.9. The van der Waals surface area contributed by atoms with Crippen molar-refractivity contribution in [1.29, 1.82) is 0 Å². The number of nitrogens with zero attached hydrogens (tertiary/aromatic N) is 2. The molecule has 2 saturated heterocycles. The number of benzene rings is 1. The van der Waals surface area contributed by atoms with E-state index in [-0.39, 0.29) is 30.0 Å². The summed E-state index contributed by atoms with van der Waals surface area (Å²) < 4.78 is 52.0. The molecule has 0 bridgehead atoms. The summed E-state index contributed by atoms with van der Waals surface area (Å²) in [7, 11) is -2.11. The van der Waals surface area contributed by atoms with E-state index in [1.165, 1.54) is 17.5 Å². The Morgan fingerprint density at radius 3 is 2.54 bits per heavy atom. The Labute approximate surface area is 207 Å². The van der Waals surface area contributed by atoms with Crippen molar-refractivity contribution in [3.8, 4) is 5.75 Å². The zero-order valence-corrected chi connectivity index (χ0v) is 22.0. The SMILES string of the molecule is CC[C@@H](C)C(=O)N[C@H](C(=O)N1CC[C@@H]2[C@H]1[C@@H](Oc1ccc(C)c(F)c1)CN2S(C)(=O)=O)[C@@H](C)OC. The monoisotopic (exact) mass is 513 g/mol. The van der Waals surface area contributed by atoms with Crippen LogP contribution in [0, 0.1) is 18.7 Å². The molecular formula is C24H36FN3O6S. The molecule has 0 spiro atoms. The van der Waals surface area contributed by atoms with Crippen LogP contribution in [0.5, 0.6) is 5.75 Å². The third-order valence-electron chi connectivity index (χ3n) is 7.14. The van der Waals surface area contributed by atoms with Crippen LogP contribution in [0.15, 0.2) is 18.2 Å². The molecule has 11 heteroatoms. The smallest absolute Gasteiger partial charge is 0.248 e. The van der Waals surface area contributed by atoms with E-state index in [9.17, 15) is 22.4 Å². The molecule has 2 fully saturated rings. The van der Waals surface area contributed by atoms with E-state index < -0.39 is 46.2 Å². The van der Waals surface area contributed by atoms with Crippen molar-refractivity contribution in [1.82, 2.24) is 14.5 Å². The largest absolute Gasteiger partial charge is 0.487 e. The average molecular weight is 514 g/mol. The first-order chi connectivity index (χ1) is 16.4. The Morgan fingerprint density at radius 2 is 1.97 bits per heavy atom. The first-order valence-electron chi connectivity index (χ1n) is 11.9. The third kappa shape index (κ3) is 5.78. The predicted molar refractivity (Wildman–Crippen MR) is 129 cm³/mol. The predicted octanol–water partition coefficient (Wildman–Crippen LogP) is 1.69. The standard InChI is InChI=1S/C24H36FN3O6S/c1-7-14(2)23(29)26-21(16(4)33-5)24(30)27-11-10-19-22(27)20(13-28(19)35(6,31)32)34-17-9-8-15(3)18(25)12-17/h8-9,12,14,16,19-22H,7,10-11,13H2,1-6H3,(H,26,29)/t14-,16-,19-,20+,21+,22+/m1/s1. The quantitative estimate of drug-likeness (QED) is 0.539. The summed E-state index contributed by atoms with van der Waals surface area (Å²) in [5.41, 5.74) is 0.463. The molecule has 196 valence electrons. The number of hydrogen-bond acceptors (Lipinski definition) is 6. The first-order valence-corrected chi connectivity index (χ1v) is 13.8. The molecule has 0 aliphatic carbocycles. The van der Waals surface area contributed by atoms with Gasteiger partial charge in [-0.2, -0.15) is 4.31 Å². The minimum absolute atomic E-state index is 0.0389. The van der Waals surface area contributed by atoms with Crippen molar-refractivity contribution in [3.63, 3.8) is 0 Å². The number of amides is 2. The van der Waals surface area contributed by atoms with E-state index in [0.29, 0.717) is 24.9 Å². The number of halogens is 1. The van der Waals surface area contributed by atoms with Gasteiger partial charge in [-0.1, -0.05) is 19.9 Å². The zero-order chi connectivity index (χ0) is 26.1. The highest BCUT2D eigenvalue weighted by molar-refractivity contribution is 7.88. The molecule has 6 atom stereocenters. The highest BCUT2D eigenvalue weighted by Crippen LogP contribution is 2.36. The molecule has 0 aromatic heterocycles. The van der Waals surface area contributed by atoms with Gasteiger partial charge in [0.05, 0.1) is 31.0 Å². The fourth-order valence-corrected chi connectivity index (χ4v) is 5.86. The molecule has 1 aromatic rings. The van der Waals surface area contributed by atoms with Crippen molar-refractivity contribution < 1.29 is 31.9 Å². The summed E-state index contributed by atoms with van der Waals surface area (Å²) in [6.45, 7) is 7.35. The number of fused-ring (bicyclic) bond motifs is 1. The van der Waals surface area contributed by atoms with Gasteiger partial charge < -0.3 is 19.7 Å². The van der Waals surface area contributed by atoms with Crippen LogP contribution in [0.2, 0.25) is 0 Å². The first kappa shape index (κ1) is 27.3. The summed E-state index contributed by atoms with van der Waals surface area (Å²) in [6.07, 6.45) is 0.873. The van der Waals surface area contributed by atoms with Crippen molar-refractivity contribution in [2.24, 2.45) is 5.92 Å². The molecule has 0 radical (unpaired) electrons. The topological polar surface area (TPSA) is 105 Å². The van der Waals surface area contributed by atoms with Crippen LogP contribution in [0.4, 0.5) is 4.39 Å². The van der Waals surface area contributed by atoms with Crippen molar-refractivity contribution in [2.75, 3.05) is 26.5 Å². The molecule has 1 aromatic carbocycles. The van der Waals surface area contributed by atoms with E-state index in [1.54, 1.807) is 37.8 Å². The third-order valence-corrected chi connectivity index (χ3v) is 8.41. The number of carbonyl (C=O) groups is 2. The number of carbonyl (C=O) groups excluding carboxylic acids is 2. The van der Waals surface area contributed by atoms with Crippen LogP contribution in [0.3, 0.4) is 0 Å². The van der Waals surface area contributed by atoms with Crippen LogP contribution >= 0.6 is 0 Å². The van der Waals surface area contributed by atoms with Crippen LogP contribution in [-0.4, -0.2) is 86.2 Å². The van der Waals surface area contributed by atoms with Gasteiger partial charge in [-0.15, -0.1) is 0 Å². The fraction of sp³-hybridized carbons (Fsp3) is 0.667. The molecule has 0 unspecified atom stereocenters. The normalized spacial score (nSPS) is 25.1. The maximum atomic E-state index is 14.1. The van der Waals surface area contributed by atoms with Crippen LogP contribution in [0.1, 0.15) is 39.2 Å². The molecule has 35 heavy (non-hydrogen) atoms. The number of methoxy groups -OCH3 is 1. The van der Waals surface area contributed by atoms with Gasteiger partial charge >= 0.3 is 0 Å². The number of nitrogens with one attached hydrogen (secondary N) is 1. The molecule has 1 N–H and O–H groups in total. The molecule has 3 rings (SSSR count). The van der Waals surface area contributed by atoms with Gasteiger partial charge in [-0.05, 0) is 38.3 Å². The minimum Gasteiger partial charge on any atom is -0.487 e. The van der Waals surface area contributed by atoms with E-state index in [1.807, 2.05) is 6.92 Å². The summed E-state index contributed by atoms with van der Waals surface area (Å²) in [6, 6.07) is 2.47. The Kier molecular flexibility index (Phi) is 8.44. The second kappa shape index (κ2) is 10.8. The number of sulfonamides is 1. The Morgan fingerprint density at radius 1 is 1.29 bits per heavy atom. The summed E-state index contributed by atoms with van der Waals surface area (Å²) in [5, 5.41) is 2.82. The van der Waals surface area contributed by atoms with Crippen molar-refractivity contribution in [3.05, 3.63) is 29.6 Å². The lowest BCUT2D eigenvalue weighted by molar-refractivity contribution is -0.142. The van der Waals surface area contributed by atoms with Crippen LogP contribution in [0.25, 0.3) is 0 Å². The Hall–Kier alpha value is -2.24. The lowest BCUT2D eigenvalue weighted by Crippen LogP contribution is -2.58. The van der Waals surface area contributed by atoms with E-state index in [2.05, 4.69) is 5.32 Å². The highest BCUT2D eigenvalue weighted by Gasteiger charge is 2.55. The minimum atomic E-state index is -3.57. The summed E-state index contributed by atoms with van der Waals surface area (Å²) in [5.74, 6) is -1.06. The maximum absolute atomic E-state index is 14.1. The number of ether oxygens (including phenoxy) is 2. The van der Waals surface area contributed by atoms with Gasteiger partial charge in [0.25, 0.3) is 0 Å². The second-order valence-corrected chi connectivity index (χ2v) is 11.4. The van der Waals surface area contributed by atoms with E-state index in [0.717, 1.165) is 6.26 Å². The van der Waals surface area contributed by atoms with Gasteiger partial charge in [0.2, 0.25) is 21.8 Å². The molecule has 2 aliphatic rings. The van der Waals surface area contributed by atoms with Crippen molar-refractivity contribution in [2.45, 2.75) is 70.9 Å². The highest BCUT2D eigenvalue weighted by atomic mass is 32.2. The maximum Gasteiger partial charge on any atom is 0.248 e. The average Bonchev–Trinajstić information content (AvgIpc) is 3.39. The van der Waals surface area contributed by atoms with Crippen molar-refractivity contribution >= 4 is 21.8 Å². The van der Waals surface area contributed by atoms with Gasteiger partial charge in [0.15, 0.2) is 0 Å². The Bertz CT molecular complexity index is 1050. The zero-order valence-electron chi connectivity index (χ0n) is 21.2. The van der Waals surface area contributed by atoms with E-state index in [4.69, 9.17) is 9.47 Å². The number of hydrogen-bond donors (Lipinski definition) is 1. The number of aryl methyl sites for hydroxylation is 1. The van der Waals surface area contributed by atoms with Gasteiger partial charge in [-0.25, -0.2) is 12.8 Å². The molecule has 2 aliphatic heterocycles.